The first-order chi connectivity index (χ1) is 3.95. The van der Waals surface area contributed by atoms with Crippen LogP contribution >= 0.6 is 16.1 Å². The van der Waals surface area contributed by atoms with Crippen LogP contribution in [0.5, 0.6) is 0 Å². The van der Waals surface area contributed by atoms with Gasteiger partial charge in [-0.1, -0.05) is 0 Å². The van der Waals surface area contributed by atoms with E-state index in [4.69, 9.17) is 9.79 Å². The topological polar surface area (TPSA) is 93.1 Å². The van der Waals surface area contributed by atoms with Crippen LogP contribution in [-0.2, 0) is 18.0 Å². The van der Waals surface area contributed by atoms with Crippen molar-refractivity contribution in [1.82, 2.24) is 0 Å². The molecule has 0 saturated carbocycles. The molecule has 0 aliphatic rings. The van der Waals surface area contributed by atoms with E-state index >= 15 is 0 Å². The molecule has 0 saturated heterocycles. The third-order valence-corrected chi connectivity index (χ3v) is 2.24. The van der Waals surface area contributed by atoms with E-state index < -0.39 is 16.1 Å². The minimum atomic E-state index is -4.63. The molecule has 0 aromatic heterocycles. The lowest BCUT2D eigenvalue weighted by Crippen LogP contribution is -1.78. The minimum absolute atomic E-state index is 1.02. The molecule has 9 heavy (non-hydrogen) atoms. The maximum atomic E-state index is 10.1. The van der Waals surface area contributed by atoms with Gasteiger partial charge in [-0.05, 0) is 0 Å². The standard InChI is InChI=1S/CH6O6P2/c1-6-8(2)7-9(3,4)5/h8H,1H3,(H2,3,4,5). The van der Waals surface area contributed by atoms with Crippen molar-refractivity contribution in [2.75, 3.05) is 7.11 Å². The van der Waals surface area contributed by atoms with Gasteiger partial charge in [-0.25, -0.2) is 8.88 Å². The van der Waals surface area contributed by atoms with Gasteiger partial charge in [0.25, 0.3) is 0 Å². The van der Waals surface area contributed by atoms with E-state index in [1.54, 1.807) is 0 Å². The first-order valence-electron chi connectivity index (χ1n) is 1.79. The van der Waals surface area contributed by atoms with Crippen molar-refractivity contribution >= 4 is 16.1 Å². The van der Waals surface area contributed by atoms with Crippen molar-refractivity contribution in [3.8, 4) is 0 Å². The van der Waals surface area contributed by atoms with Crippen molar-refractivity contribution in [1.29, 1.82) is 0 Å². The van der Waals surface area contributed by atoms with Crippen LogP contribution in [0.2, 0.25) is 0 Å². The molecule has 0 aliphatic heterocycles. The van der Waals surface area contributed by atoms with Crippen molar-refractivity contribution in [3.63, 3.8) is 0 Å². The van der Waals surface area contributed by atoms with Crippen molar-refractivity contribution in [3.05, 3.63) is 0 Å². The fourth-order valence-electron chi connectivity index (χ4n) is 0.134. The summed E-state index contributed by atoms with van der Waals surface area (Å²) in [4.78, 5) is 15.9. The van der Waals surface area contributed by atoms with E-state index in [1.165, 1.54) is 0 Å². The Bertz CT molecular complexity index is 145. The summed E-state index contributed by atoms with van der Waals surface area (Å²) in [5.74, 6) is 0. The Morgan fingerprint density at radius 1 is 1.56 bits per heavy atom. The van der Waals surface area contributed by atoms with Crippen LogP contribution in [0.4, 0.5) is 0 Å². The lowest BCUT2D eigenvalue weighted by atomic mass is 11.8. The molecule has 0 aromatic carbocycles. The third-order valence-electron chi connectivity index (χ3n) is 0.360. The van der Waals surface area contributed by atoms with Gasteiger partial charge >= 0.3 is 16.1 Å². The van der Waals surface area contributed by atoms with Gasteiger partial charge in [0.1, 0.15) is 0 Å². The maximum Gasteiger partial charge on any atom is 0.476 e. The molecule has 56 valence electrons. The van der Waals surface area contributed by atoms with Crippen molar-refractivity contribution in [2.45, 2.75) is 0 Å². The summed E-state index contributed by atoms with van der Waals surface area (Å²) < 4.78 is 27.4. The Morgan fingerprint density at radius 3 is 2.11 bits per heavy atom. The van der Waals surface area contributed by atoms with E-state index in [2.05, 4.69) is 8.83 Å². The summed E-state index contributed by atoms with van der Waals surface area (Å²) in [7, 11) is -6.61. The van der Waals surface area contributed by atoms with Crippen LogP contribution in [0.1, 0.15) is 0 Å². The highest BCUT2D eigenvalue weighted by molar-refractivity contribution is 7.55. The second-order valence-corrected chi connectivity index (χ2v) is 3.66. The zero-order valence-corrected chi connectivity index (χ0v) is 6.37. The van der Waals surface area contributed by atoms with Crippen LogP contribution in [0.15, 0.2) is 0 Å². The summed E-state index contributed by atoms with van der Waals surface area (Å²) in [5.41, 5.74) is 0. The number of phosphoric acid groups is 1. The Hall–Kier alpha value is 0.300. The summed E-state index contributed by atoms with van der Waals surface area (Å²) >= 11 is 0. The first kappa shape index (κ1) is 9.30. The molecule has 2 N–H and O–H groups in total. The molecule has 0 rings (SSSR count). The van der Waals surface area contributed by atoms with E-state index in [0.717, 1.165) is 7.11 Å². The zero-order valence-electron chi connectivity index (χ0n) is 4.47. The Balaban J connectivity index is 3.75. The van der Waals surface area contributed by atoms with Gasteiger partial charge in [-0.3, -0.25) is 4.57 Å². The average Bonchev–Trinajstić information content (AvgIpc) is 1.62. The van der Waals surface area contributed by atoms with Gasteiger partial charge in [0.15, 0.2) is 0 Å². The molecule has 0 radical (unpaired) electrons. The molecule has 1 unspecified atom stereocenters. The van der Waals surface area contributed by atoms with Crippen LogP contribution < -0.4 is 0 Å². The van der Waals surface area contributed by atoms with Crippen molar-refractivity contribution in [2.24, 2.45) is 0 Å². The van der Waals surface area contributed by atoms with E-state index in [1.807, 2.05) is 0 Å². The number of hydrogen-bond donors (Lipinski definition) is 2. The van der Waals surface area contributed by atoms with Gasteiger partial charge < -0.3 is 14.3 Å². The highest BCUT2D eigenvalue weighted by atomic mass is 31.2. The monoisotopic (exact) mass is 176 g/mol. The molecule has 8 heteroatoms. The second-order valence-electron chi connectivity index (χ2n) is 1.04. The van der Waals surface area contributed by atoms with Crippen LogP contribution in [0.25, 0.3) is 0 Å². The fraction of sp³-hybridized carbons (Fsp3) is 1.00. The van der Waals surface area contributed by atoms with E-state index in [9.17, 15) is 9.13 Å². The molecule has 0 spiro atoms. The molecule has 0 heterocycles. The lowest BCUT2D eigenvalue weighted by Gasteiger charge is -2.00. The SMILES string of the molecule is CO[PH](=O)OP(=O)(O)O. The molecule has 1 atom stereocenters. The smallest absolute Gasteiger partial charge is 0.314 e. The third kappa shape index (κ3) is 6.18. The molecular formula is CH6O6P2. The maximum absolute atomic E-state index is 10.1. The molecule has 0 aromatic rings. The first-order valence-corrected chi connectivity index (χ1v) is 4.54. The predicted octanol–water partition coefficient (Wildman–Crippen LogP) is 0.132. The predicted molar refractivity (Wildman–Crippen MR) is 29.1 cm³/mol. The molecule has 0 amide bonds. The number of hydrogen-bond acceptors (Lipinski definition) is 4. The normalized spacial score (nSPS) is 15.4. The second kappa shape index (κ2) is 3.46. The molecule has 0 aliphatic carbocycles. The van der Waals surface area contributed by atoms with E-state index in [-0.39, 0.29) is 0 Å². The lowest BCUT2D eigenvalue weighted by molar-refractivity contribution is 0.261. The quantitative estimate of drug-likeness (QED) is 0.593. The molecular weight excluding hydrogens is 170 g/mol. The molecule has 6 nitrogen and oxygen atoms in total. The zero-order chi connectivity index (χ0) is 7.49. The highest BCUT2D eigenvalue weighted by Crippen LogP contribution is 2.47. The molecule has 0 bridgehead atoms. The highest BCUT2D eigenvalue weighted by Gasteiger charge is 2.17. The summed E-state index contributed by atoms with van der Waals surface area (Å²) in [6.07, 6.45) is 0. The summed E-state index contributed by atoms with van der Waals surface area (Å²) in [6.45, 7) is 0. The summed E-state index contributed by atoms with van der Waals surface area (Å²) in [5, 5.41) is 0. The number of rotatable bonds is 3. The Labute approximate surface area is 52.0 Å². The van der Waals surface area contributed by atoms with Gasteiger partial charge in [-0.2, -0.15) is 0 Å². The Kier molecular flexibility index (Phi) is 3.58. The van der Waals surface area contributed by atoms with Crippen LogP contribution in [0.3, 0.4) is 0 Å². The molecule has 0 fully saturated rings. The fourth-order valence-corrected chi connectivity index (χ4v) is 1.21. The van der Waals surface area contributed by atoms with Gasteiger partial charge in [-0.15, -0.1) is 0 Å². The van der Waals surface area contributed by atoms with Gasteiger partial charge in [0, 0.05) is 7.11 Å². The Morgan fingerprint density at radius 2 is 2.00 bits per heavy atom. The van der Waals surface area contributed by atoms with E-state index in [0.29, 0.717) is 0 Å². The van der Waals surface area contributed by atoms with Gasteiger partial charge in [0.2, 0.25) is 0 Å². The summed E-state index contributed by atoms with van der Waals surface area (Å²) in [6, 6.07) is 0. The van der Waals surface area contributed by atoms with Crippen LogP contribution in [0, 0.1) is 0 Å². The van der Waals surface area contributed by atoms with Gasteiger partial charge in [0.05, 0.1) is 0 Å². The van der Waals surface area contributed by atoms with Crippen LogP contribution in [-0.4, -0.2) is 16.9 Å². The van der Waals surface area contributed by atoms with Crippen molar-refractivity contribution < 1.29 is 27.8 Å². The average molecular weight is 176 g/mol. The minimum Gasteiger partial charge on any atom is -0.314 e. The largest absolute Gasteiger partial charge is 0.476 e.